The van der Waals surface area contributed by atoms with Crippen molar-refractivity contribution in [3.63, 3.8) is 0 Å². The molecule has 3 aliphatic rings. The number of amides is 1. The Kier molecular flexibility index (Phi) is 3.10. The topological polar surface area (TPSA) is 82.1 Å². The number of fused-ring (bicyclic) bond motifs is 5. The van der Waals surface area contributed by atoms with Crippen LogP contribution in [0.2, 0.25) is 0 Å². The number of nitrogens with zero attached hydrogens (tertiary/aromatic N) is 1. The van der Waals surface area contributed by atoms with Gasteiger partial charge < -0.3 is 9.47 Å². The standard InChI is InChI=1S/C10H10F3NO6S/c1-18-9-7-5-3-2-4(19-5)6(7)8(15)14(9)20-21(16,17)10(11,12)13/h2-7,9H,1H3/t4?,5?,6?,7-,9?/m0/s1. The SMILES string of the molecule is COC1[C@H]2C3C=CC(O3)C2C(=O)N1OS(=O)(=O)C(F)(F)F. The molecular weight excluding hydrogens is 319 g/mol. The van der Waals surface area contributed by atoms with Crippen molar-refractivity contribution in [2.45, 2.75) is 23.9 Å². The third kappa shape index (κ3) is 1.99. The van der Waals surface area contributed by atoms with Crippen LogP contribution in [0.15, 0.2) is 12.2 Å². The molecule has 5 atom stereocenters. The van der Waals surface area contributed by atoms with Crippen LogP contribution in [0, 0.1) is 11.8 Å². The molecule has 21 heavy (non-hydrogen) atoms. The molecule has 118 valence electrons. The highest BCUT2D eigenvalue weighted by Crippen LogP contribution is 2.48. The van der Waals surface area contributed by atoms with Gasteiger partial charge in [0.2, 0.25) is 0 Å². The fourth-order valence-electron chi connectivity index (χ4n) is 2.89. The van der Waals surface area contributed by atoms with E-state index >= 15 is 0 Å². The number of alkyl halides is 3. The number of hydroxylamine groups is 2. The molecule has 2 bridgehead atoms. The molecule has 3 heterocycles. The van der Waals surface area contributed by atoms with Crippen LogP contribution >= 0.6 is 0 Å². The summed E-state index contributed by atoms with van der Waals surface area (Å²) in [4.78, 5) is 12.1. The van der Waals surface area contributed by atoms with Crippen LogP contribution in [0.5, 0.6) is 0 Å². The molecule has 0 N–H and O–H groups in total. The van der Waals surface area contributed by atoms with E-state index in [2.05, 4.69) is 4.28 Å². The number of hydrogen-bond donors (Lipinski definition) is 0. The molecule has 7 nitrogen and oxygen atoms in total. The molecule has 4 unspecified atom stereocenters. The number of carbonyl (C=O) groups is 1. The van der Waals surface area contributed by atoms with Crippen molar-refractivity contribution in [2.75, 3.05) is 7.11 Å². The molecule has 0 aromatic rings. The molecular formula is C10H10F3NO6S. The zero-order chi connectivity index (χ0) is 15.6. The van der Waals surface area contributed by atoms with Crippen LogP contribution in [0.3, 0.4) is 0 Å². The number of halogens is 3. The van der Waals surface area contributed by atoms with Gasteiger partial charge in [0, 0.05) is 7.11 Å². The zero-order valence-corrected chi connectivity index (χ0v) is 11.3. The van der Waals surface area contributed by atoms with E-state index in [1.807, 2.05) is 0 Å². The summed E-state index contributed by atoms with van der Waals surface area (Å²) >= 11 is 0. The highest BCUT2D eigenvalue weighted by atomic mass is 32.2. The van der Waals surface area contributed by atoms with Gasteiger partial charge >= 0.3 is 15.6 Å². The van der Waals surface area contributed by atoms with Crippen molar-refractivity contribution in [3.8, 4) is 0 Å². The van der Waals surface area contributed by atoms with Crippen LogP contribution in [-0.2, 0) is 28.7 Å². The molecule has 0 aromatic heterocycles. The predicted octanol–water partition coefficient (Wildman–Crippen LogP) is 0.152. The molecule has 1 amide bonds. The summed E-state index contributed by atoms with van der Waals surface area (Å²) in [7, 11) is -4.79. The summed E-state index contributed by atoms with van der Waals surface area (Å²) in [5.74, 6) is -2.33. The second-order valence-electron chi connectivity index (χ2n) is 4.82. The number of ether oxygens (including phenoxy) is 2. The molecule has 2 fully saturated rings. The Labute approximate surface area is 117 Å². The lowest BCUT2D eigenvalue weighted by Crippen LogP contribution is -2.43. The first-order chi connectivity index (χ1) is 9.67. The Hall–Kier alpha value is -1.17. The predicted molar refractivity (Wildman–Crippen MR) is 58.5 cm³/mol. The lowest BCUT2D eigenvalue weighted by atomic mass is 9.85. The summed E-state index contributed by atoms with van der Waals surface area (Å²) in [6.07, 6.45) is 0.883. The average Bonchev–Trinajstić information content (AvgIpc) is 3.02. The molecule has 0 aliphatic carbocycles. The van der Waals surface area contributed by atoms with Gasteiger partial charge in [-0.3, -0.25) is 4.79 Å². The Morgan fingerprint density at radius 2 is 1.90 bits per heavy atom. The van der Waals surface area contributed by atoms with Crippen molar-refractivity contribution in [1.29, 1.82) is 0 Å². The van der Waals surface area contributed by atoms with Gasteiger partial charge in [0.05, 0.1) is 24.0 Å². The van der Waals surface area contributed by atoms with Crippen LogP contribution < -0.4 is 0 Å². The normalized spacial score (nSPS) is 38.4. The van der Waals surface area contributed by atoms with Crippen LogP contribution in [0.4, 0.5) is 13.2 Å². The quantitative estimate of drug-likeness (QED) is 0.542. The van der Waals surface area contributed by atoms with Crippen LogP contribution in [-0.4, -0.2) is 50.4 Å². The summed E-state index contributed by atoms with van der Waals surface area (Å²) in [5.41, 5.74) is -5.63. The Morgan fingerprint density at radius 3 is 2.48 bits per heavy atom. The van der Waals surface area contributed by atoms with Crippen LogP contribution in [0.1, 0.15) is 0 Å². The molecule has 0 aromatic carbocycles. The third-order valence-electron chi connectivity index (χ3n) is 3.72. The van der Waals surface area contributed by atoms with E-state index in [0.29, 0.717) is 0 Å². The van der Waals surface area contributed by atoms with Crippen molar-refractivity contribution in [3.05, 3.63) is 12.2 Å². The van der Waals surface area contributed by atoms with E-state index in [-0.39, 0.29) is 5.06 Å². The Balaban J connectivity index is 1.89. The van der Waals surface area contributed by atoms with Gasteiger partial charge in [-0.25, -0.2) is 0 Å². The molecule has 0 saturated carbocycles. The first kappa shape index (κ1) is 14.8. The third-order valence-corrected chi connectivity index (χ3v) is 4.64. The maximum Gasteiger partial charge on any atom is 0.525 e. The first-order valence-electron chi connectivity index (χ1n) is 5.88. The van der Waals surface area contributed by atoms with Gasteiger partial charge in [-0.05, 0) is 0 Å². The first-order valence-corrected chi connectivity index (χ1v) is 7.29. The second-order valence-corrected chi connectivity index (χ2v) is 6.34. The van der Waals surface area contributed by atoms with Gasteiger partial charge in [0.25, 0.3) is 5.91 Å². The monoisotopic (exact) mass is 329 g/mol. The fraction of sp³-hybridized carbons (Fsp3) is 0.700. The fourth-order valence-corrected chi connectivity index (χ4v) is 3.35. The number of carbonyl (C=O) groups excluding carboxylic acids is 1. The summed E-state index contributed by atoms with van der Waals surface area (Å²) in [6.45, 7) is 0. The lowest BCUT2D eigenvalue weighted by Gasteiger charge is -2.26. The van der Waals surface area contributed by atoms with E-state index in [0.717, 1.165) is 7.11 Å². The highest BCUT2D eigenvalue weighted by Gasteiger charge is 2.63. The molecule has 11 heteroatoms. The molecule has 3 aliphatic heterocycles. The van der Waals surface area contributed by atoms with Crippen molar-refractivity contribution < 1.29 is 40.1 Å². The van der Waals surface area contributed by atoms with Gasteiger partial charge in [-0.15, -0.1) is 4.28 Å². The van der Waals surface area contributed by atoms with E-state index in [4.69, 9.17) is 9.47 Å². The van der Waals surface area contributed by atoms with Crippen molar-refractivity contribution in [2.24, 2.45) is 11.8 Å². The van der Waals surface area contributed by atoms with E-state index in [1.54, 1.807) is 12.2 Å². The van der Waals surface area contributed by atoms with Gasteiger partial charge in [0.15, 0.2) is 6.23 Å². The van der Waals surface area contributed by atoms with Crippen molar-refractivity contribution in [1.82, 2.24) is 5.06 Å². The van der Waals surface area contributed by atoms with Gasteiger partial charge in [-0.1, -0.05) is 12.2 Å². The second kappa shape index (κ2) is 4.41. The molecule has 0 spiro atoms. The largest absolute Gasteiger partial charge is 0.525 e. The minimum Gasteiger partial charge on any atom is -0.366 e. The Bertz CT molecular complexity index is 602. The maximum absolute atomic E-state index is 12.4. The minimum atomic E-state index is -5.94. The summed E-state index contributed by atoms with van der Waals surface area (Å²) in [6, 6.07) is 0. The van der Waals surface area contributed by atoms with E-state index in [1.165, 1.54) is 0 Å². The van der Waals surface area contributed by atoms with Crippen molar-refractivity contribution >= 4 is 16.0 Å². The van der Waals surface area contributed by atoms with Gasteiger partial charge in [0.1, 0.15) is 0 Å². The van der Waals surface area contributed by atoms with E-state index < -0.39 is 51.8 Å². The Morgan fingerprint density at radius 1 is 1.29 bits per heavy atom. The number of methoxy groups -OCH3 is 1. The smallest absolute Gasteiger partial charge is 0.366 e. The zero-order valence-electron chi connectivity index (χ0n) is 10.5. The molecule has 3 rings (SSSR count). The number of hydrogen-bond acceptors (Lipinski definition) is 6. The average molecular weight is 329 g/mol. The van der Waals surface area contributed by atoms with E-state index in [9.17, 15) is 26.4 Å². The molecule has 0 radical (unpaired) electrons. The molecule has 2 saturated heterocycles. The van der Waals surface area contributed by atoms with Crippen LogP contribution in [0.25, 0.3) is 0 Å². The van der Waals surface area contributed by atoms with Gasteiger partial charge in [-0.2, -0.15) is 26.7 Å². The maximum atomic E-state index is 12.4. The summed E-state index contributed by atoms with van der Waals surface area (Å²) < 4.78 is 73.6. The lowest BCUT2D eigenvalue weighted by molar-refractivity contribution is -0.197. The summed E-state index contributed by atoms with van der Waals surface area (Å²) in [5, 5.41) is 0.147. The minimum absolute atomic E-state index is 0.147. The number of rotatable bonds is 3. The highest BCUT2D eigenvalue weighted by molar-refractivity contribution is 7.87.